The lowest BCUT2D eigenvalue weighted by molar-refractivity contribution is -0.132. The Labute approximate surface area is 151 Å². The summed E-state index contributed by atoms with van der Waals surface area (Å²) in [6.07, 6.45) is 4.65. The number of phenols is 1. The number of aromatic nitrogens is 2. The van der Waals surface area contributed by atoms with Gasteiger partial charge in [0.2, 0.25) is 5.91 Å². The van der Waals surface area contributed by atoms with Gasteiger partial charge in [-0.05, 0) is 36.5 Å². The Morgan fingerprint density at radius 3 is 2.72 bits per heavy atom. The van der Waals surface area contributed by atoms with Gasteiger partial charge >= 0.3 is 0 Å². The van der Waals surface area contributed by atoms with Gasteiger partial charge in [-0.15, -0.1) is 0 Å². The number of aryl methyl sites for hydroxylation is 1. The first kappa shape index (κ1) is 17.8. The van der Waals surface area contributed by atoms with Gasteiger partial charge in [0.05, 0.1) is 11.4 Å². The van der Waals surface area contributed by atoms with Gasteiger partial charge in [-0.3, -0.25) is 4.79 Å². The van der Waals surface area contributed by atoms with Gasteiger partial charge in [0, 0.05) is 32.5 Å². The predicted molar refractivity (Wildman–Crippen MR) is 94.3 cm³/mol. The molecule has 1 aromatic heterocycles. The van der Waals surface area contributed by atoms with Crippen molar-refractivity contribution >= 4 is 17.5 Å². The summed E-state index contributed by atoms with van der Waals surface area (Å²) in [7, 11) is 1.87. The second-order valence-corrected chi connectivity index (χ2v) is 6.93. The minimum atomic E-state index is -0.604. The highest BCUT2D eigenvalue weighted by atomic mass is 35.5. The zero-order valence-corrected chi connectivity index (χ0v) is 14.9. The molecule has 1 aliphatic rings. The third-order valence-electron chi connectivity index (χ3n) is 4.83. The molecule has 1 amide bonds. The van der Waals surface area contributed by atoms with Crippen LogP contribution in [0.3, 0.4) is 0 Å². The molecule has 134 valence electrons. The van der Waals surface area contributed by atoms with Crippen molar-refractivity contribution in [3.8, 4) is 5.75 Å². The fourth-order valence-electron chi connectivity index (χ4n) is 3.28. The van der Waals surface area contributed by atoms with E-state index in [1.807, 2.05) is 22.7 Å². The zero-order valence-electron chi connectivity index (χ0n) is 14.1. The number of piperidine rings is 1. The molecule has 2 aromatic rings. The highest BCUT2D eigenvalue weighted by molar-refractivity contribution is 6.32. The molecule has 1 aliphatic heterocycles. The largest absolute Gasteiger partial charge is 0.506 e. The molecule has 1 saturated heterocycles. The van der Waals surface area contributed by atoms with Crippen LogP contribution in [0.25, 0.3) is 0 Å². The number of halogens is 1. The Balaban J connectivity index is 1.55. The number of amides is 1. The SMILES string of the molecule is Cn1ccnc1C(O)C1CCN(C(=O)Cc2ccc(O)c(Cl)c2)CC1. The highest BCUT2D eigenvalue weighted by Gasteiger charge is 2.30. The third kappa shape index (κ3) is 3.96. The van der Waals surface area contributed by atoms with E-state index in [1.54, 1.807) is 18.3 Å². The molecule has 1 aromatic carbocycles. The first-order valence-corrected chi connectivity index (χ1v) is 8.74. The van der Waals surface area contributed by atoms with E-state index in [1.165, 1.54) is 6.07 Å². The van der Waals surface area contributed by atoms with Crippen molar-refractivity contribution in [1.29, 1.82) is 0 Å². The molecule has 1 atom stereocenters. The number of imidazole rings is 1. The number of benzene rings is 1. The number of nitrogens with zero attached hydrogens (tertiary/aromatic N) is 3. The fraction of sp³-hybridized carbons (Fsp3) is 0.444. The van der Waals surface area contributed by atoms with E-state index >= 15 is 0 Å². The van der Waals surface area contributed by atoms with Crippen LogP contribution in [0.1, 0.15) is 30.3 Å². The van der Waals surface area contributed by atoms with Crippen molar-refractivity contribution in [2.45, 2.75) is 25.4 Å². The molecule has 0 aliphatic carbocycles. The Hall–Kier alpha value is -2.05. The number of carbonyl (C=O) groups is 1. The van der Waals surface area contributed by atoms with Crippen LogP contribution in [0.2, 0.25) is 5.02 Å². The van der Waals surface area contributed by atoms with Crippen LogP contribution in [0.15, 0.2) is 30.6 Å². The first-order chi connectivity index (χ1) is 12.0. The molecule has 1 fully saturated rings. The molecule has 0 radical (unpaired) electrons. The van der Waals surface area contributed by atoms with Crippen LogP contribution in [-0.4, -0.2) is 43.7 Å². The van der Waals surface area contributed by atoms with Gasteiger partial charge in [0.1, 0.15) is 17.7 Å². The number of aliphatic hydroxyl groups excluding tert-OH is 1. The van der Waals surface area contributed by atoms with Crippen LogP contribution in [0.4, 0.5) is 0 Å². The van der Waals surface area contributed by atoms with E-state index in [0.717, 1.165) is 18.4 Å². The van der Waals surface area contributed by atoms with E-state index in [0.29, 0.717) is 18.9 Å². The Kier molecular flexibility index (Phi) is 5.30. The maximum atomic E-state index is 12.5. The summed E-state index contributed by atoms with van der Waals surface area (Å²) in [6, 6.07) is 4.82. The minimum absolute atomic E-state index is 0.0157. The lowest BCUT2D eigenvalue weighted by Crippen LogP contribution is -2.40. The molecular formula is C18H22ClN3O3. The monoisotopic (exact) mass is 363 g/mol. The van der Waals surface area contributed by atoms with Gasteiger partial charge < -0.3 is 19.7 Å². The van der Waals surface area contributed by atoms with Crippen molar-refractivity contribution < 1.29 is 15.0 Å². The summed E-state index contributed by atoms with van der Waals surface area (Å²) in [5.41, 5.74) is 0.781. The second-order valence-electron chi connectivity index (χ2n) is 6.52. The number of hydrogen-bond donors (Lipinski definition) is 2. The number of likely N-dealkylation sites (tertiary alicyclic amines) is 1. The average molecular weight is 364 g/mol. The molecule has 0 spiro atoms. The Morgan fingerprint density at radius 1 is 1.40 bits per heavy atom. The molecule has 7 heteroatoms. The molecule has 2 heterocycles. The zero-order chi connectivity index (χ0) is 18.0. The fourth-order valence-corrected chi connectivity index (χ4v) is 3.49. The summed E-state index contributed by atoms with van der Waals surface area (Å²) in [4.78, 5) is 18.5. The van der Waals surface area contributed by atoms with E-state index in [9.17, 15) is 15.0 Å². The number of aromatic hydroxyl groups is 1. The molecule has 3 rings (SSSR count). The lowest BCUT2D eigenvalue weighted by atomic mass is 9.90. The number of carbonyl (C=O) groups excluding carboxylic acids is 1. The average Bonchev–Trinajstić information content (AvgIpc) is 3.03. The number of hydrogen-bond acceptors (Lipinski definition) is 4. The number of phenolic OH excluding ortho intramolecular Hbond substituents is 1. The smallest absolute Gasteiger partial charge is 0.226 e. The Bertz CT molecular complexity index is 754. The Morgan fingerprint density at radius 2 is 2.12 bits per heavy atom. The van der Waals surface area contributed by atoms with Crippen LogP contribution in [-0.2, 0) is 18.3 Å². The molecule has 0 saturated carbocycles. The van der Waals surface area contributed by atoms with Crippen molar-refractivity contribution in [2.75, 3.05) is 13.1 Å². The molecule has 1 unspecified atom stereocenters. The maximum Gasteiger partial charge on any atom is 0.226 e. The third-order valence-corrected chi connectivity index (χ3v) is 5.13. The van der Waals surface area contributed by atoms with Gasteiger partial charge in [-0.1, -0.05) is 17.7 Å². The summed E-state index contributed by atoms with van der Waals surface area (Å²) in [6.45, 7) is 1.24. The maximum absolute atomic E-state index is 12.5. The molecule has 6 nitrogen and oxygen atoms in total. The molecule has 2 N–H and O–H groups in total. The van der Waals surface area contributed by atoms with Crippen LogP contribution >= 0.6 is 11.6 Å². The molecule has 0 bridgehead atoms. The topological polar surface area (TPSA) is 78.6 Å². The highest BCUT2D eigenvalue weighted by Crippen LogP contribution is 2.30. The van der Waals surface area contributed by atoms with Crippen LogP contribution in [0.5, 0.6) is 5.75 Å². The summed E-state index contributed by atoms with van der Waals surface area (Å²) >= 11 is 5.89. The van der Waals surface area contributed by atoms with Crippen LogP contribution < -0.4 is 0 Å². The normalized spacial score (nSPS) is 16.8. The van der Waals surface area contributed by atoms with Gasteiger partial charge in [0.25, 0.3) is 0 Å². The number of aliphatic hydroxyl groups is 1. The van der Waals surface area contributed by atoms with Gasteiger partial charge in [0.15, 0.2) is 0 Å². The first-order valence-electron chi connectivity index (χ1n) is 8.36. The predicted octanol–water partition coefficient (Wildman–Crippen LogP) is 2.29. The molecular weight excluding hydrogens is 342 g/mol. The standard InChI is InChI=1S/C18H22ClN3O3/c1-21-9-6-20-18(21)17(25)13-4-7-22(8-5-13)16(24)11-12-2-3-15(23)14(19)10-12/h2-3,6,9-10,13,17,23,25H,4-5,7-8,11H2,1H3. The second kappa shape index (κ2) is 7.45. The van der Waals surface area contributed by atoms with Crippen molar-refractivity contribution in [3.63, 3.8) is 0 Å². The van der Waals surface area contributed by atoms with Crippen molar-refractivity contribution in [3.05, 3.63) is 47.0 Å². The van der Waals surface area contributed by atoms with Crippen molar-refractivity contribution in [1.82, 2.24) is 14.5 Å². The lowest BCUT2D eigenvalue weighted by Gasteiger charge is -2.34. The van der Waals surface area contributed by atoms with Gasteiger partial charge in [-0.2, -0.15) is 0 Å². The summed E-state index contributed by atoms with van der Waals surface area (Å²) < 4.78 is 1.83. The van der Waals surface area contributed by atoms with E-state index in [-0.39, 0.29) is 29.0 Å². The van der Waals surface area contributed by atoms with E-state index in [4.69, 9.17) is 11.6 Å². The quantitative estimate of drug-likeness (QED) is 0.873. The number of rotatable bonds is 4. The van der Waals surface area contributed by atoms with E-state index in [2.05, 4.69) is 4.98 Å². The van der Waals surface area contributed by atoms with Crippen molar-refractivity contribution in [2.24, 2.45) is 13.0 Å². The molecule has 25 heavy (non-hydrogen) atoms. The summed E-state index contributed by atoms with van der Waals surface area (Å²) in [5, 5.41) is 20.2. The summed E-state index contributed by atoms with van der Waals surface area (Å²) in [5.74, 6) is 0.824. The minimum Gasteiger partial charge on any atom is -0.506 e. The van der Waals surface area contributed by atoms with Crippen LogP contribution in [0, 0.1) is 5.92 Å². The van der Waals surface area contributed by atoms with Gasteiger partial charge in [-0.25, -0.2) is 4.98 Å². The van der Waals surface area contributed by atoms with E-state index < -0.39 is 6.10 Å².